The summed E-state index contributed by atoms with van der Waals surface area (Å²) in [6.07, 6.45) is 0. The van der Waals surface area contributed by atoms with E-state index >= 15 is 0 Å². The second-order valence-corrected chi connectivity index (χ2v) is 8.54. The Hall–Kier alpha value is -3.22. The lowest BCUT2D eigenvalue weighted by Crippen LogP contribution is -2.44. The van der Waals surface area contributed by atoms with E-state index in [1.165, 1.54) is 47.8 Å². The van der Waals surface area contributed by atoms with Crippen LogP contribution in [0.1, 0.15) is 10.4 Å². The van der Waals surface area contributed by atoms with Crippen LogP contribution in [-0.4, -0.2) is 64.6 Å². The Morgan fingerprint density at radius 3 is 2.56 bits per heavy atom. The average molecular weight is 467 g/mol. The standard InChI is InChI=1S/C20H22FN3O7S/c1-29-17-6-5-14(11-18(17)32(27,28)24-7-9-30-10-8-24)20(26)23-22-19(25)13-31-16-4-2-3-15(21)12-16/h2-6,11-12H,7-10,13H2,1H3,(H,22,25)(H,23,26). The number of benzene rings is 2. The van der Waals surface area contributed by atoms with E-state index in [2.05, 4.69) is 10.9 Å². The summed E-state index contributed by atoms with van der Waals surface area (Å²) < 4.78 is 55.8. The monoisotopic (exact) mass is 467 g/mol. The molecule has 0 spiro atoms. The summed E-state index contributed by atoms with van der Waals surface area (Å²) in [6.45, 7) is 0.437. The van der Waals surface area contributed by atoms with Gasteiger partial charge < -0.3 is 14.2 Å². The van der Waals surface area contributed by atoms with Crippen molar-refractivity contribution in [3.63, 3.8) is 0 Å². The number of nitrogens with one attached hydrogen (secondary N) is 2. The van der Waals surface area contributed by atoms with Crippen molar-refractivity contribution < 1.29 is 36.6 Å². The fourth-order valence-corrected chi connectivity index (χ4v) is 4.48. The van der Waals surface area contributed by atoms with Crippen LogP contribution < -0.4 is 20.3 Å². The van der Waals surface area contributed by atoms with Crippen molar-refractivity contribution in [1.82, 2.24) is 15.2 Å². The third-order valence-corrected chi connectivity index (χ3v) is 6.41. The third kappa shape index (κ3) is 5.72. The fraction of sp³-hybridized carbons (Fsp3) is 0.300. The van der Waals surface area contributed by atoms with Gasteiger partial charge in [0.1, 0.15) is 22.2 Å². The first-order chi connectivity index (χ1) is 15.3. The molecule has 2 N–H and O–H groups in total. The van der Waals surface area contributed by atoms with Crippen LogP contribution in [0.3, 0.4) is 0 Å². The molecule has 0 atom stereocenters. The smallest absolute Gasteiger partial charge is 0.276 e. The summed E-state index contributed by atoms with van der Waals surface area (Å²) in [5.41, 5.74) is 4.32. The van der Waals surface area contributed by atoms with E-state index < -0.39 is 34.3 Å². The van der Waals surface area contributed by atoms with Crippen LogP contribution in [0.4, 0.5) is 4.39 Å². The summed E-state index contributed by atoms with van der Waals surface area (Å²) in [6, 6.07) is 9.14. The molecule has 2 amide bonds. The van der Waals surface area contributed by atoms with E-state index in [-0.39, 0.29) is 48.3 Å². The zero-order chi connectivity index (χ0) is 23.1. The highest BCUT2D eigenvalue weighted by Crippen LogP contribution is 2.28. The SMILES string of the molecule is COc1ccc(C(=O)NNC(=O)COc2cccc(F)c2)cc1S(=O)(=O)N1CCOCC1. The van der Waals surface area contributed by atoms with E-state index in [1.54, 1.807) is 0 Å². The van der Waals surface area contributed by atoms with Crippen molar-refractivity contribution in [3.05, 3.63) is 53.8 Å². The zero-order valence-electron chi connectivity index (χ0n) is 17.2. The van der Waals surface area contributed by atoms with Gasteiger partial charge in [-0.3, -0.25) is 20.4 Å². The van der Waals surface area contributed by atoms with Crippen molar-refractivity contribution in [1.29, 1.82) is 0 Å². The molecule has 172 valence electrons. The molecule has 0 saturated carbocycles. The highest BCUT2D eigenvalue weighted by molar-refractivity contribution is 7.89. The molecular weight excluding hydrogens is 445 g/mol. The summed E-state index contributed by atoms with van der Waals surface area (Å²) in [7, 11) is -2.60. The molecule has 32 heavy (non-hydrogen) atoms. The van der Waals surface area contributed by atoms with Crippen molar-refractivity contribution in [2.75, 3.05) is 40.0 Å². The number of hydrogen-bond acceptors (Lipinski definition) is 7. The zero-order valence-corrected chi connectivity index (χ0v) is 18.0. The summed E-state index contributed by atoms with van der Waals surface area (Å²) >= 11 is 0. The number of sulfonamides is 1. The molecule has 1 heterocycles. The first-order valence-corrected chi connectivity index (χ1v) is 11.0. The molecule has 0 aliphatic carbocycles. The van der Waals surface area contributed by atoms with Gasteiger partial charge >= 0.3 is 0 Å². The number of halogens is 1. The molecule has 1 fully saturated rings. The molecule has 12 heteroatoms. The van der Waals surface area contributed by atoms with Gasteiger partial charge in [-0.15, -0.1) is 0 Å². The quantitative estimate of drug-likeness (QED) is 0.575. The summed E-state index contributed by atoms with van der Waals surface area (Å²) in [5.74, 6) is -1.72. The average Bonchev–Trinajstić information content (AvgIpc) is 2.81. The lowest BCUT2D eigenvalue weighted by atomic mass is 10.2. The van der Waals surface area contributed by atoms with Crippen LogP contribution in [0.5, 0.6) is 11.5 Å². The Morgan fingerprint density at radius 1 is 1.12 bits per heavy atom. The number of carbonyl (C=O) groups is 2. The molecule has 1 saturated heterocycles. The number of amides is 2. The van der Waals surface area contributed by atoms with Gasteiger partial charge in [-0.2, -0.15) is 4.31 Å². The number of methoxy groups -OCH3 is 1. The Morgan fingerprint density at radius 2 is 1.88 bits per heavy atom. The number of carbonyl (C=O) groups excluding carboxylic acids is 2. The highest BCUT2D eigenvalue weighted by Gasteiger charge is 2.30. The normalized spacial score (nSPS) is 14.4. The van der Waals surface area contributed by atoms with Crippen LogP contribution in [-0.2, 0) is 19.6 Å². The Balaban J connectivity index is 1.65. The predicted molar refractivity (Wildman–Crippen MR) is 110 cm³/mol. The number of ether oxygens (including phenoxy) is 3. The molecule has 2 aromatic rings. The molecule has 0 bridgehead atoms. The van der Waals surface area contributed by atoms with Crippen LogP contribution in [0.25, 0.3) is 0 Å². The molecule has 1 aliphatic rings. The third-order valence-electron chi connectivity index (χ3n) is 4.50. The summed E-state index contributed by atoms with van der Waals surface area (Å²) in [4.78, 5) is 24.2. The maximum atomic E-state index is 13.1. The number of morpholine rings is 1. The van der Waals surface area contributed by atoms with Gasteiger partial charge in [0.15, 0.2) is 6.61 Å². The van der Waals surface area contributed by atoms with Crippen LogP contribution in [0, 0.1) is 5.82 Å². The van der Waals surface area contributed by atoms with Gasteiger partial charge in [-0.25, -0.2) is 12.8 Å². The first kappa shape index (κ1) is 23.4. The molecule has 1 aliphatic heterocycles. The molecule has 2 aromatic carbocycles. The minimum Gasteiger partial charge on any atom is -0.495 e. The molecule has 10 nitrogen and oxygen atoms in total. The Bertz CT molecular complexity index is 1090. The van der Waals surface area contributed by atoms with Crippen molar-refractivity contribution in [2.24, 2.45) is 0 Å². The van der Waals surface area contributed by atoms with Gasteiger partial charge in [0.2, 0.25) is 10.0 Å². The largest absolute Gasteiger partial charge is 0.495 e. The molecule has 3 rings (SSSR count). The van der Waals surface area contributed by atoms with Crippen LogP contribution >= 0.6 is 0 Å². The van der Waals surface area contributed by atoms with Crippen molar-refractivity contribution in [3.8, 4) is 11.5 Å². The summed E-state index contributed by atoms with van der Waals surface area (Å²) in [5, 5.41) is 0. The topological polar surface area (TPSA) is 123 Å². The predicted octanol–water partition coefficient (Wildman–Crippen LogP) is 0.695. The second-order valence-electron chi connectivity index (χ2n) is 6.63. The van der Waals surface area contributed by atoms with E-state index in [0.717, 1.165) is 6.07 Å². The van der Waals surface area contributed by atoms with E-state index in [4.69, 9.17) is 14.2 Å². The fourth-order valence-electron chi connectivity index (χ4n) is 2.89. The molecule has 0 aromatic heterocycles. The number of hydrazine groups is 1. The maximum Gasteiger partial charge on any atom is 0.276 e. The number of nitrogens with zero attached hydrogens (tertiary/aromatic N) is 1. The van der Waals surface area contributed by atoms with Gasteiger partial charge in [0.05, 0.1) is 20.3 Å². The molecule has 0 unspecified atom stereocenters. The van der Waals surface area contributed by atoms with Gasteiger partial charge in [0.25, 0.3) is 11.8 Å². The van der Waals surface area contributed by atoms with Gasteiger partial charge in [0, 0.05) is 24.7 Å². The van der Waals surface area contributed by atoms with Gasteiger partial charge in [-0.1, -0.05) is 6.07 Å². The molecular formula is C20H22FN3O7S. The van der Waals surface area contributed by atoms with Crippen LogP contribution in [0.15, 0.2) is 47.4 Å². The highest BCUT2D eigenvalue weighted by atomic mass is 32.2. The number of hydrogen-bond donors (Lipinski definition) is 2. The van der Waals surface area contributed by atoms with E-state index in [9.17, 15) is 22.4 Å². The van der Waals surface area contributed by atoms with E-state index in [0.29, 0.717) is 0 Å². The van der Waals surface area contributed by atoms with Gasteiger partial charge in [-0.05, 0) is 30.3 Å². The maximum absolute atomic E-state index is 13.1. The Labute approximate surface area is 184 Å². The van der Waals surface area contributed by atoms with Crippen molar-refractivity contribution in [2.45, 2.75) is 4.90 Å². The lowest BCUT2D eigenvalue weighted by molar-refractivity contribution is -0.123. The minimum atomic E-state index is -3.92. The number of rotatable bonds is 7. The minimum absolute atomic E-state index is 0.0102. The first-order valence-electron chi connectivity index (χ1n) is 9.55. The second kappa shape index (κ2) is 10.4. The van der Waals surface area contributed by atoms with E-state index in [1.807, 2.05) is 0 Å². The van der Waals surface area contributed by atoms with Crippen molar-refractivity contribution >= 4 is 21.8 Å². The Kier molecular flexibility index (Phi) is 7.62. The lowest BCUT2D eigenvalue weighted by Gasteiger charge is -2.26. The van der Waals surface area contributed by atoms with Crippen LogP contribution in [0.2, 0.25) is 0 Å². The molecule has 0 radical (unpaired) electrons.